The Morgan fingerprint density at radius 3 is 2.50 bits per heavy atom. The van der Waals surface area contributed by atoms with Crippen LogP contribution < -0.4 is 10.1 Å². The number of phenols is 1. The predicted molar refractivity (Wildman–Crippen MR) is 90.9 cm³/mol. The molecule has 0 bridgehead atoms. The molecule has 22 heavy (non-hydrogen) atoms. The van der Waals surface area contributed by atoms with E-state index >= 15 is 0 Å². The van der Waals surface area contributed by atoms with Crippen molar-refractivity contribution in [2.24, 2.45) is 0 Å². The van der Waals surface area contributed by atoms with Crippen LogP contribution in [0, 0.1) is 0 Å². The predicted octanol–water partition coefficient (Wildman–Crippen LogP) is 3.67. The summed E-state index contributed by atoms with van der Waals surface area (Å²) in [6.45, 7) is 0. The van der Waals surface area contributed by atoms with E-state index in [2.05, 4.69) is 5.32 Å². The van der Waals surface area contributed by atoms with Gasteiger partial charge in [0.1, 0.15) is 10.1 Å². The number of hydrogen-bond acceptors (Lipinski definition) is 5. The summed E-state index contributed by atoms with van der Waals surface area (Å²) in [7, 11) is 0. The first-order chi connectivity index (χ1) is 10.6. The van der Waals surface area contributed by atoms with Gasteiger partial charge in [0.25, 0.3) is 5.91 Å². The molecule has 2 N–H and O–H groups in total. The van der Waals surface area contributed by atoms with Crippen molar-refractivity contribution < 1.29 is 14.6 Å². The lowest BCUT2D eigenvalue weighted by molar-refractivity contribution is -0.115. The number of para-hydroxylation sites is 2. The Bertz CT molecular complexity index is 769. The van der Waals surface area contributed by atoms with Crippen molar-refractivity contribution >= 4 is 40.3 Å². The second kappa shape index (κ2) is 6.21. The Morgan fingerprint density at radius 1 is 1.14 bits per heavy atom. The molecule has 1 fully saturated rings. The van der Waals surface area contributed by atoms with Crippen LogP contribution in [-0.2, 0) is 4.79 Å². The molecule has 0 unspecified atom stereocenters. The largest absolute Gasteiger partial charge is 0.504 e. The smallest absolute Gasteiger partial charge is 0.263 e. The molecule has 4 nitrogen and oxygen atoms in total. The molecule has 3 rings (SSSR count). The first-order valence-corrected chi connectivity index (χ1v) is 7.65. The number of thiocarbonyl (C=S) groups is 1. The summed E-state index contributed by atoms with van der Waals surface area (Å²) in [5.74, 6) is 0.901. The van der Waals surface area contributed by atoms with Crippen LogP contribution in [0.1, 0.15) is 5.56 Å². The Hall–Kier alpha value is -2.31. The molecule has 0 saturated carbocycles. The monoisotopic (exact) mass is 329 g/mol. The second-order valence-corrected chi connectivity index (χ2v) is 6.21. The molecule has 2 aromatic carbocycles. The summed E-state index contributed by atoms with van der Waals surface area (Å²) in [6, 6.07) is 14.0. The number of carbonyl (C=O) groups excluding carboxylic acids is 1. The van der Waals surface area contributed by atoms with Crippen molar-refractivity contribution in [1.29, 1.82) is 0 Å². The number of amides is 1. The Balaban J connectivity index is 1.76. The van der Waals surface area contributed by atoms with Crippen LogP contribution in [0.3, 0.4) is 0 Å². The number of thioether (sulfide) groups is 1. The number of ether oxygens (including phenoxy) is 1. The quantitative estimate of drug-likeness (QED) is 0.664. The Labute approximate surface area is 136 Å². The van der Waals surface area contributed by atoms with Crippen LogP contribution in [0.15, 0.2) is 53.4 Å². The van der Waals surface area contributed by atoms with Gasteiger partial charge in [-0.25, -0.2) is 0 Å². The van der Waals surface area contributed by atoms with Crippen molar-refractivity contribution in [1.82, 2.24) is 5.32 Å². The molecular weight excluding hydrogens is 318 g/mol. The molecule has 110 valence electrons. The van der Waals surface area contributed by atoms with E-state index in [1.807, 2.05) is 12.1 Å². The maximum atomic E-state index is 11.6. The fourth-order valence-corrected chi connectivity index (χ4v) is 2.92. The molecule has 0 spiro atoms. The minimum absolute atomic E-state index is 0.0845. The highest BCUT2D eigenvalue weighted by Gasteiger charge is 2.21. The third-order valence-electron chi connectivity index (χ3n) is 2.91. The van der Waals surface area contributed by atoms with Gasteiger partial charge in [0.15, 0.2) is 11.5 Å². The van der Waals surface area contributed by atoms with Crippen molar-refractivity contribution in [3.63, 3.8) is 0 Å². The molecule has 0 aliphatic carbocycles. The van der Waals surface area contributed by atoms with Crippen LogP contribution in [0.25, 0.3) is 6.08 Å². The minimum atomic E-state index is -0.176. The van der Waals surface area contributed by atoms with Gasteiger partial charge < -0.3 is 15.2 Å². The number of aromatic hydroxyl groups is 1. The van der Waals surface area contributed by atoms with Gasteiger partial charge in [-0.1, -0.05) is 48.2 Å². The standard InChI is InChI=1S/C16H11NO3S2/c18-12-3-1-2-4-13(12)20-11-7-5-10(6-8-11)9-14-15(19)17-16(21)22-14/h1-9,18H,(H,17,19,21)/b14-9-. The van der Waals surface area contributed by atoms with Gasteiger partial charge in [0, 0.05) is 0 Å². The van der Waals surface area contributed by atoms with Crippen LogP contribution in [-0.4, -0.2) is 15.3 Å². The first-order valence-electron chi connectivity index (χ1n) is 6.42. The second-order valence-electron chi connectivity index (χ2n) is 4.49. The lowest BCUT2D eigenvalue weighted by atomic mass is 10.2. The average Bonchev–Trinajstić information content (AvgIpc) is 2.81. The van der Waals surface area contributed by atoms with E-state index in [1.165, 1.54) is 11.8 Å². The molecule has 1 amide bonds. The summed E-state index contributed by atoms with van der Waals surface area (Å²) in [5.41, 5.74) is 0.868. The zero-order valence-electron chi connectivity index (χ0n) is 11.3. The van der Waals surface area contributed by atoms with E-state index in [-0.39, 0.29) is 11.7 Å². The topological polar surface area (TPSA) is 58.6 Å². The van der Waals surface area contributed by atoms with Gasteiger partial charge in [-0.15, -0.1) is 0 Å². The summed E-state index contributed by atoms with van der Waals surface area (Å²) < 4.78 is 6.06. The number of benzene rings is 2. The number of rotatable bonds is 3. The number of phenolic OH excluding ortho intramolecular Hbond substituents is 1. The van der Waals surface area contributed by atoms with E-state index in [9.17, 15) is 9.90 Å². The van der Waals surface area contributed by atoms with E-state index in [4.69, 9.17) is 17.0 Å². The van der Waals surface area contributed by atoms with Crippen LogP contribution in [0.4, 0.5) is 0 Å². The van der Waals surface area contributed by atoms with Crippen LogP contribution in [0.2, 0.25) is 0 Å². The lowest BCUT2D eigenvalue weighted by Crippen LogP contribution is -2.17. The van der Waals surface area contributed by atoms with Gasteiger partial charge in [-0.2, -0.15) is 0 Å². The molecule has 0 aromatic heterocycles. The molecule has 1 saturated heterocycles. The summed E-state index contributed by atoms with van der Waals surface area (Å²) in [6.07, 6.45) is 1.77. The fraction of sp³-hybridized carbons (Fsp3) is 0. The van der Waals surface area contributed by atoms with Gasteiger partial charge >= 0.3 is 0 Å². The lowest BCUT2D eigenvalue weighted by Gasteiger charge is -2.07. The molecular formula is C16H11NO3S2. The summed E-state index contributed by atoms with van der Waals surface area (Å²) in [5, 5.41) is 12.2. The molecule has 1 aliphatic rings. The maximum absolute atomic E-state index is 11.6. The van der Waals surface area contributed by atoms with Gasteiger partial charge in [0.05, 0.1) is 4.91 Å². The van der Waals surface area contributed by atoms with Crippen molar-refractivity contribution in [2.75, 3.05) is 0 Å². The van der Waals surface area contributed by atoms with Gasteiger partial charge in [-0.3, -0.25) is 4.79 Å². The van der Waals surface area contributed by atoms with Crippen molar-refractivity contribution in [3.05, 3.63) is 59.0 Å². The van der Waals surface area contributed by atoms with Crippen LogP contribution in [0.5, 0.6) is 17.2 Å². The van der Waals surface area contributed by atoms with Gasteiger partial charge in [0.2, 0.25) is 0 Å². The maximum Gasteiger partial charge on any atom is 0.263 e. The molecule has 6 heteroatoms. The number of hydrogen-bond donors (Lipinski definition) is 2. The van der Waals surface area contributed by atoms with E-state index < -0.39 is 0 Å². The zero-order valence-corrected chi connectivity index (χ0v) is 12.9. The zero-order chi connectivity index (χ0) is 15.5. The third kappa shape index (κ3) is 3.29. The highest BCUT2D eigenvalue weighted by molar-refractivity contribution is 8.26. The average molecular weight is 329 g/mol. The Kier molecular flexibility index (Phi) is 4.13. The van der Waals surface area contributed by atoms with Crippen LogP contribution >= 0.6 is 24.0 Å². The first kappa shape index (κ1) is 14.6. The fourth-order valence-electron chi connectivity index (χ4n) is 1.87. The van der Waals surface area contributed by atoms with Crippen molar-refractivity contribution in [2.45, 2.75) is 0 Å². The summed E-state index contributed by atoms with van der Waals surface area (Å²) >= 11 is 6.19. The SMILES string of the molecule is O=C1NC(=S)S/C1=C\c1ccc(Oc2ccccc2O)cc1. The molecule has 0 atom stereocenters. The highest BCUT2D eigenvalue weighted by atomic mass is 32.2. The number of carbonyl (C=O) groups is 1. The molecule has 1 heterocycles. The highest BCUT2D eigenvalue weighted by Crippen LogP contribution is 2.31. The molecule has 1 aliphatic heterocycles. The molecule has 0 radical (unpaired) electrons. The van der Waals surface area contributed by atoms with E-state index in [0.29, 0.717) is 20.7 Å². The van der Waals surface area contributed by atoms with Gasteiger partial charge in [-0.05, 0) is 35.9 Å². The minimum Gasteiger partial charge on any atom is -0.504 e. The number of nitrogens with one attached hydrogen (secondary N) is 1. The van der Waals surface area contributed by atoms with E-state index in [1.54, 1.807) is 42.5 Å². The third-order valence-corrected chi connectivity index (χ3v) is 4.08. The summed E-state index contributed by atoms with van der Waals surface area (Å²) in [4.78, 5) is 12.2. The Morgan fingerprint density at radius 2 is 1.86 bits per heavy atom. The van der Waals surface area contributed by atoms with Crippen molar-refractivity contribution in [3.8, 4) is 17.2 Å². The normalized spacial score (nSPS) is 15.9. The van der Waals surface area contributed by atoms with E-state index in [0.717, 1.165) is 5.56 Å². The molecule has 2 aromatic rings.